The third-order valence-corrected chi connectivity index (χ3v) is 4.41. The van der Waals surface area contributed by atoms with Gasteiger partial charge in [0.25, 0.3) is 5.91 Å². The number of ether oxygens (including phenoxy) is 1. The van der Waals surface area contributed by atoms with Crippen LogP contribution in [0.15, 0.2) is 0 Å². The molecule has 0 aromatic carbocycles. The zero-order chi connectivity index (χ0) is 13.2. The van der Waals surface area contributed by atoms with E-state index in [1.165, 1.54) is 6.92 Å². The number of rotatable bonds is 1. The topological polar surface area (TPSA) is 49.9 Å². The molecule has 0 bridgehead atoms. The Bertz CT molecular complexity index is 344. The molecule has 6 heteroatoms. The van der Waals surface area contributed by atoms with Crippen LogP contribution in [0.2, 0.25) is 0 Å². The molecule has 2 heterocycles. The van der Waals surface area contributed by atoms with Gasteiger partial charge >= 0.3 is 0 Å². The molecule has 0 radical (unpaired) electrons. The standard InChI is InChI=1S/C12H20N2O3S/c1-10(15)14-3-6-17-12(2,9-14)11(16)13-4-7-18-8-5-13/h3-9H2,1-2H3/t12-/m0/s1. The number of hydrogen-bond acceptors (Lipinski definition) is 4. The highest BCUT2D eigenvalue weighted by molar-refractivity contribution is 7.99. The smallest absolute Gasteiger partial charge is 0.256 e. The number of thioether (sulfide) groups is 1. The lowest BCUT2D eigenvalue weighted by molar-refractivity contribution is -0.170. The van der Waals surface area contributed by atoms with E-state index >= 15 is 0 Å². The number of morpholine rings is 1. The third kappa shape index (κ3) is 2.80. The van der Waals surface area contributed by atoms with Crippen molar-refractivity contribution in [3.8, 4) is 0 Å². The van der Waals surface area contributed by atoms with Gasteiger partial charge in [0.05, 0.1) is 13.2 Å². The quantitative estimate of drug-likeness (QED) is 0.684. The van der Waals surface area contributed by atoms with E-state index in [1.54, 1.807) is 11.8 Å². The lowest BCUT2D eigenvalue weighted by Gasteiger charge is -2.42. The SMILES string of the molecule is CC(=O)N1CCO[C@](C)(C(=O)N2CCSCC2)C1. The molecule has 0 spiro atoms. The van der Waals surface area contributed by atoms with Crippen LogP contribution in [0, 0.1) is 0 Å². The van der Waals surface area contributed by atoms with Crippen molar-refractivity contribution in [3.63, 3.8) is 0 Å². The molecular formula is C12H20N2O3S. The van der Waals surface area contributed by atoms with Gasteiger partial charge in [-0.15, -0.1) is 0 Å². The van der Waals surface area contributed by atoms with E-state index in [-0.39, 0.29) is 11.8 Å². The monoisotopic (exact) mass is 272 g/mol. The predicted molar refractivity (Wildman–Crippen MR) is 70.5 cm³/mol. The number of carbonyl (C=O) groups is 2. The first kappa shape index (κ1) is 13.7. The highest BCUT2D eigenvalue weighted by Gasteiger charge is 2.42. The molecule has 0 aliphatic carbocycles. The molecule has 1 atom stereocenters. The molecule has 2 aliphatic heterocycles. The zero-order valence-corrected chi connectivity index (χ0v) is 11.8. The fourth-order valence-electron chi connectivity index (χ4n) is 2.37. The van der Waals surface area contributed by atoms with Gasteiger partial charge in [-0.2, -0.15) is 11.8 Å². The fourth-order valence-corrected chi connectivity index (χ4v) is 3.27. The molecule has 18 heavy (non-hydrogen) atoms. The van der Waals surface area contributed by atoms with Gasteiger partial charge in [-0.25, -0.2) is 0 Å². The summed E-state index contributed by atoms with van der Waals surface area (Å²) >= 11 is 1.87. The molecule has 2 amide bonds. The molecule has 2 fully saturated rings. The fraction of sp³-hybridized carbons (Fsp3) is 0.833. The van der Waals surface area contributed by atoms with Crippen LogP contribution >= 0.6 is 11.8 Å². The van der Waals surface area contributed by atoms with Crippen LogP contribution in [0.3, 0.4) is 0 Å². The predicted octanol–water partition coefficient (Wildman–Crippen LogP) is 0.199. The summed E-state index contributed by atoms with van der Waals surface area (Å²) < 4.78 is 5.67. The summed E-state index contributed by atoms with van der Waals surface area (Å²) in [7, 11) is 0. The number of hydrogen-bond donors (Lipinski definition) is 0. The van der Waals surface area contributed by atoms with E-state index in [2.05, 4.69) is 0 Å². The van der Waals surface area contributed by atoms with E-state index in [9.17, 15) is 9.59 Å². The van der Waals surface area contributed by atoms with Gasteiger partial charge in [0.15, 0.2) is 5.60 Å². The summed E-state index contributed by atoms with van der Waals surface area (Å²) in [5, 5.41) is 0. The molecule has 5 nitrogen and oxygen atoms in total. The van der Waals surface area contributed by atoms with Gasteiger partial charge in [-0.05, 0) is 6.92 Å². The molecule has 0 saturated carbocycles. The van der Waals surface area contributed by atoms with Crippen molar-refractivity contribution in [3.05, 3.63) is 0 Å². The second-order valence-corrected chi connectivity index (χ2v) is 6.15. The maximum absolute atomic E-state index is 12.5. The average Bonchev–Trinajstić information content (AvgIpc) is 2.39. The average molecular weight is 272 g/mol. The minimum atomic E-state index is -0.869. The second kappa shape index (κ2) is 5.48. The lowest BCUT2D eigenvalue weighted by atomic mass is 10.0. The van der Waals surface area contributed by atoms with Crippen molar-refractivity contribution in [1.29, 1.82) is 0 Å². The van der Waals surface area contributed by atoms with Crippen molar-refractivity contribution in [2.45, 2.75) is 19.4 Å². The van der Waals surface area contributed by atoms with Crippen LogP contribution in [0.25, 0.3) is 0 Å². The van der Waals surface area contributed by atoms with Crippen LogP contribution in [0.1, 0.15) is 13.8 Å². The summed E-state index contributed by atoms with van der Waals surface area (Å²) in [6, 6.07) is 0. The summed E-state index contributed by atoms with van der Waals surface area (Å²) in [5.41, 5.74) is -0.869. The first-order valence-corrected chi connectivity index (χ1v) is 7.45. The Morgan fingerprint density at radius 3 is 2.44 bits per heavy atom. The molecule has 2 saturated heterocycles. The van der Waals surface area contributed by atoms with Crippen LogP contribution in [0.5, 0.6) is 0 Å². The van der Waals surface area contributed by atoms with Crippen molar-refractivity contribution < 1.29 is 14.3 Å². The van der Waals surface area contributed by atoms with E-state index in [4.69, 9.17) is 4.74 Å². The number of nitrogens with zero attached hydrogens (tertiary/aromatic N) is 2. The molecule has 0 unspecified atom stereocenters. The van der Waals surface area contributed by atoms with E-state index in [1.807, 2.05) is 16.7 Å². The largest absolute Gasteiger partial charge is 0.362 e. The van der Waals surface area contributed by atoms with Crippen molar-refractivity contribution in [1.82, 2.24) is 9.80 Å². The maximum atomic E-state index is 12.5. The van der Waals surface area contributed by atoms with Crippen LogP contribution < -0.4 is 0 Å². The first-order chi connectivity index (χ1) is 8.53. The minimum Gasteiger partial charge on any atom is -0.362 e. The van der Waals surface area contributed by atoms with Crippen molar-refractivity contribution >= 4 is 23.6 Å². The van der Waals surface area contributed by atoms with E-state index < -0.39 is 5.60 Å². The van der Waals surface area contributed by atoms with Crippen LogP contribution in [-0.2, 0) is 14.3 Å². The normalized spacial score (nSPS) is 29.2. The molecule has 0 aromatic heterocycles. The van der Waals surface area contributed by atoms with Crippen molar-refractivity contribution in [2.75, 3.05) is 44.3 Å². The van der Waals surface area contributed by atoms with Crippen molar-refractivity contribution in [2.24, 2.45) is 0 Å². The van der Waals surface area contributed by atoms with Gasteiger partial charge < -0.3 is 14.5 Å². The number of amides is 2. The second-order valence-electron chi connectivity index (χ2n) is 4.92. The van der Waals surface area contributed by atoms with Gasteiger partial charge in [-0.3, -0.25) is 9.59 Å². The Balaban J connectivity index is 2.04. The molecule has 0 N–H and O–H groups in total. The highest BCUT2D eigenvalue weighted by atomic mass is 32.2. The summed E-state index contributed by atoms with van der Waals surface area (Å²) in [5.74, 6) is 2.00. The maximum Gasteiger partial charge on any atom is 0.256 e. The molecule has 2 rings (SSSR count). The van der Waals surface area contributed by atoms with Gasteiger partial charge in [0, 0.05) is 38.1 Å². The molecule has 2 aliphatic rings. The molecule has 0 aromatic rings. The Labute approximate surface area is 112 Å². The Hall–Kier alpha value is -0.750. The van der Waals surface area contributed by atoms with E-state index in [0.717, 1.165) is 24.6 Å². The van der Waals surface area contributed by atoms with Crippen LogP contribution in [0.4, 0.5) is 0 Å². The number of carbonyl (C=O) groups excluding carboxylic acids is 2. The summed E-state index contributed by atoms with van der Waals surface area (Å²) in [6.07, 6.45) is 0. The molecule has 102 valence electrons. The highest BCUT2D eigenvalue weighted by Crippen LogP contribution is 2.22. The summed E-state index contributed by atoms with van der Waals surface area (Å²) in [4.78, 5) is 27.5. The van der Waals surface area contributed by atoms with Gasteiger partial charge in [0.2, 0.25) is 5.91 Å². The minimum absolute atomic E-state index is 0.00604. The molecular weight excluding hydrogens is 252 g/mol. The lowest BCUT2D eigenvalue weighted by Crippen LogP contribution is -2.60. The Kier molecular flexibility index (Phi) is 4.17. The van der Waals surface area contributed by atoms with Crippen LogP contribution in [-0.4, -0.2) is 71.5 Å². The Morgan fingerprint density at radius 2 is 1.83 bits per heavy atom. The Morgan fingerprint density at radius 1 is 1.17 bits per heavy atom. The van der Waals surface area contributed by atoms with Gasteiger partial charge in [-0.1, -0.05) is 0 Å². The van der Waals surface area contributed by atoms with Gasteiger partial charge in [0.1, 0.15) is 0 Å². The first-order valence-electron chi connectivity index (χ1n) is 6.29. The zero-order valence-electron chi connectivity index (χ0n) is 11.0. The third-order valence-electron chi connectivity index (χ3n) is 3.47. The summed E-state index contributed by atoms with van der Waals surface area (Å²) in [6.45, 7) is 6.27. The van der Waals surface area contributed by atoms with E-state index in [0.29, 0.717) is 19.7 Å².